The van der Waals surface area contributed by atoms with Crippen molar-refractivity contribution in [2.24, 2.45) is 5.92 Å². The van der Waals surface area contributed by atoms with Crippen molar-refractivity contribution in [3.8, 4) is 5.69 Å². The first-order chi connectivity index (χ1) is 10.8. The Labute approximate surface area is 134 Å². The van der Waals surface area contributed by atoms with Crippen LogP contribution in [0.2, 0.25) is 0 Å². The third-order valence-corrected chi connectivity index (χ3v) is 5.23. The number of amides is 1. The van der Waals surface area contributed by atoms with Crippen molar-refractivity contribution in [1.29, 1.82) is 0 Å². The second-order valence-electron chi connectivity index (χ2n) is 5.79. The highest BCUT2D eigenvalue weighted by molar-refractivity contribution is 7.93. The third-order valence-electron chi connectivity index (χ3n) is 3.87. The van der Waals surface area contributed by atoms with Gasteiger partial charge in [0.1, 0.15) is 11.2 Å². The minimum absolute atomic E-state index is 0.000324. The lowest BCUT2D eigenvalue weighted by atomic mass is 10.1. The Balaban J connectivity index is 2.01. The van der Waals surface area contributed by atoms with E-state index in [1.54, 1.807) is 12.1 Å². The highest BCUT2D eigenvalue weighted by Gasteiger charge is 2.30. The van der Waals surface area contributed by atoms with Gasteiger partial charge in [0.05, 0.1) is 5.69 Å². The fraction of sp³-hybridized carbons (Fsp3) is 0.357. The van der Waals surface area contributed by atoms with E-state index < -0.39 is 10.0 Å². The molecule has 2 heterocycles. The van der Waals surface area contributed by atoms with Crippen LogP contribution in [0.5, 0.6) is 0 Å². The Hall–Kier alpha value is -2.42. The normalized spacial score (nSPS) is 16.2. The van der Waals surface area contributed by atoms with E-state index in [4.69, 9.17) is 0 Å². The van der Waals surface area contributed by atoms with Gasteiger partial charge in [0, 0.05) is 11.6 Å². The third kappa shape index (κ3) is 2.67. The van der Waals surface area contributed by atoms with Crippen LogP contribution in [-0.2, 0) is 10.0 Å². The van der Waals surface area contributed by atoms with Gasteiger partial charge >= 0.3 is 0 Å². The Morgan fingerprint density at radius 1 is 1.30 bits per heavy atom. The lowest BCUT2D eigenvalue weighted by Crippen LogP contribution is -2.36. The second-order valence-corrected chi connectivity index (χ2v) is 7.44. The van der Waals surface area contributed by atoms with Crippen LogP contribution >= 0.6 is 0 Å². The van der Waals surface area contributed by atoms with Gasteiger partial charge in [0.15, 0.2) is 0 Å². The van der Waals surface area contributed by atoms with Crippen LogP contribution in [0.4, 0.5) is 5.95 Å². The molecule has 0 fully saturated rings. The highest BCUT2D eigenvalue weighted by Crippen LogP contribution is 2.29. The smallest absolute Gasteiger partial charge is 0.266 e. The van der Waals surface area contributed by atoms with Gasteiger partial charge in [-0.05, 0) is 31.0 Å². The van der Waals surface area contributed by atoms with Crippen molar-refractivity contribution in [3.63, 3.8) is 0 Å². The number of nitrogens with zero attached hydrogens (tertiary/aromatic N) is 3. The number of carbonyl (C=O) groups excluding carboxylic acids is 1. The summed E-state index contributed by atoms with van der Waals surface area (Å²) in [6.45, 7) is 5.90. The maximum Gasteiger partial charge on any atom is 0.266 e. The first-order valence-electron chi connectivity index (χ1n) is 7.18. The molecule has 23 heavy (non-hydrogen) atoms. The second kappa shape index (κ2) is 5.34. The van der Waals surface area contributed by atoms with Gasteiger partial charge in [-0.2, -0.15) is 14.8 Å². The van der Waals surface area contributed by atoms with E-state index in [2.05, 4.69) is 20.1 Å². The van der Waals surface area contributed by atoms with Gasteiger partial charge in [0.25, 0.3) is 15.9 Å². The van der Waals surface area contributed by atoms with E-state index in [1.165, 1.54) is 17.1 Å². The van der Waals surface area contributed by atoms with Gasteiger partial charge in [0.2, 0.25) is 5.95 Å². The molecule has 1 aromatic carbocycles. The molecule has 2 aromatic rings. The van der Waals surface area contributed by atoms with E-state index in [-0.39, 0.29) is 34.3 Å². The molecule has 2 N–H and O–H groups in total. The van der Waals surface area contributed by atoms with Crippen LogP contribution in [0.25, 0.3) is 5.69 Å². The first kappa shape index (κ1) is 15.5. The van der Waals surface area contributed by atoms with Gasteiger partial charge in [-0.25, -0.2) is 13.1 Å². The number of rotatable bonds is 3. The van der Waals surface area contributed by atoms with Gasteiger partial charge < -0.3 is 5.32 Å². The van der Waals surface area contributed by atoms with Crippen molar-refractivity contribution in [2.75, 3.05) is 4.72 Å². The van der Waals surface area contributed by atoms with Crippen LogP contribution in [0.1, 0.15) is 31.1 Å². The monoisotopic (exact) mass is 335 g/mol. The zero-order valence-electron chi connectivity index (χ0n) is 12.9. The van der Waals surface area contributed by atoms with Gasteiger partial charge in [-0.3, -0.25) is 4.79 Å². The fourth-order valence-corrected chi connectivity index (χ4v) is 3.37. The van der Waals surface area contributed by atoms with Crippen molar-refractivity contribution in [3.05, 3.63) is 30.1 Å². The van der Waals surface area contributed by atoms with Crippen molar-refractivity contribution in [2.45, 2.75) is 31.7 Å². The molecule has 9 heteroatoms. The summed E-state index contributed by atoms with van der Waals surface area (Å²) in [4.78, 5) is 16.1. The van der Waals surface area contributed by atoms with Crippen LogP contribution < -0.4 is 10.0 Å². The molecule has 0 aliphatic carbocycles. The summed E-state index contributed by atoms with van der Waals surface area (Å²) in [7, 11) is -3.78. The molecular weight excluding hydrogens is 318 g/mol. The molecule has 1 aromatic heterocycles. The van der Waals surface area contributed by atoms with Crippen molar-refractivity contribution < 1.29 is 13.2 Å². The maximum absolute atomic E-state index is 12.3. The lowest BCUT2D eigenvalue weighted by molar-refractivity contribution is 0.0930. The molecular formula is C14H17N5O3S. The average Bonchev–Trinajstić information content (AvgIpc) is 2.93. The molecule has 0 spiro atoms. The Morgan fingerprint density at radius 2 is 2.04 bits per heavy atom. The molecule has 1 atom stereocenters. The summed E-state index contributed by atoms with van der Waals surface area (Å²) < 4.78 is 28.3. The molecule has 0 saturated heterocycles. The molecule has 3 rings (SSSR count). The number of anilines is 1. The maximum atomic E-state index is 12.3. The fourth-order valence-electron chi connectivity index (χ4n) is 2.16. The average molecular weight is 335 g/mol. The standard InChI is InChI=1S/C14H17N5O3S/c1-8(2)9(3)17-13(20)10-4-5-11-12(6-10)23(21,22)18-14-15-7-16-19(11)14/h4-9H,1-3H3,(H,17,20)(H,15,16,18). The molecule has 1 amide bonds. The zero-order chi connectivity index (χ0) is 16.8. The summed E-state index contributed by atoms with van der Waals surface area (Å²) in [6, 6.07) is 4.47. The van der Waals surface area contributed by atoms with E-state index in [9.17, 15) is 13.2 Å². The Morgan fingerprint density at radius 3 is 2.74 bits per heavy atom. The molecule has 1 aliphatic heterocycles. The van der Waals surface area contributed by atoms with Crippen LogP contribution in [0, 0.1) is 5.92 Å². The Kier molecular flexibility index (Phi) is 3.59. The Bertz CT molecular complexity index is 872. The van der Waals surface area contributed by atoms with Crippen LogP contribution in [0.15, 0.2) is 29.4 Å². The quantitative estimate of drug-likeness (QED) is 0.875. The topological polar surface area (TPSA) is 106 Å². The predicted octanol–water partition coefficient (Wildman–Crippen LogP) is 1.16. The number of carbonyl (C=O) groups is 1. The minimum atomic E-state index is -3.78. The number of nitrogens with one attached hydrogen (secondary N) is 2. The van der Waals surface area contributed by atoms with E-state index in [1.807, 2.05) is 20.8 Å². The summed E-state index contributed by atoms with van der Waals surface area (Å²) in [6.07, 6.45) is 1.26. The van der Waals surface area contributed by atoms with E-state index in [0.29, 0.717) is 5.69 Å². The van der Waals surface area contributed by atoms with Crippen LogP contribution in [0.3, 0.4) is 0 Å². The summed E-state index contributed by atoms with van der Waals surface area (Å²) in [5.74, 6) is 0.0939. The molecule has 8 nitrogen and oxygen atoms in total. The predicted molar refractivity (Wildman–Crippen MR) is 83.9 cm³/mol. The number of hydrogen-bond donors (Lipinski definition) is 2. The number of benzene rings is 1. The highest BCUT2D eigenvalue weighted by atomic mass is 32.2. The van der Waals surface area contributed by atoms with Gasteiger partial charge in [-0.1, -0.05) is 13.8 Å². The number of sulfonamides is 1. The van der Waals surface area contributed by atoms with Crippen LogP contribution in [-0.4, -0.2) is 35.1 Å². The molecule has 0 radical (unpaired) electrons. The summed E-state index contributed by atoms with van der Waals surface area (Å²) >= 11 is 0. The van der Waals surface area contributed by atoms with E-state index >= 15 is 0 Å². The minimum Gasteiger partial charge on any atom is -0.349 e. The van der Waals surface area contributed by atoms with Gasteiger partial charge in [-0.15, -0.1) is 0 Å². The summed E-state index contributed by atoms with van der Waals surface area (Å²) in [5.41, 5.74) is 0.648. The number of fused-ring (bicyclic) bond motifs is 3. The molecule has 0 saturated carbocycles. The molecule has 1 unspecified atom stereocenters. The molecule has 0 bridgehead atoms. The molecule has 1 aliphatic rings. The first-order valence-corrected chi connectivity index (χ1v) is 8.66. The summed E-state index contributed by atoms with van der Waals surface area (Å²) in [5, 5.41) is 6.84. The SMILES string of the molecule is CC(C)C(C)NC(=O)c1ccc2c(c1)S(=O)(=O)Nc1ncnn1-2. The van der Waals surface area contributed by atoms with Crippen molar-refractivity contribution in [1.82, 2.24) is 20.1 Å². The zero-order valence-corrected chi connectivity index (χ0v) is 13.8. The van der Waals surface area contributed by atoms with E-state index in [0.717, 1.165) is 0 Å². The van der Waals surface area contributed by atoms with Crippen molar-refractivity contribution >= 4 is 21.9 Å². The number of hydrogen-bond acceptors (Lipinski definition) is 5. The molecule has 122 valence electrons. The lowest BCUT2D eigenvalue weighted by Gasteiger charge is -2.20. The largest absolute Gasteiger partial charge is 0.349 e. The number of aromatic nitrogens is 3.